The second-order valence-corrected chi connectivity index (χ2v) is 9.89. The molecule has 2 aliphatic heterocycles. The first-order chi connectivity index (χ1) is 13.8. The van der Waals surface area contributed by atoms with E-state index in [1.54, 1.807) is 0 Å². The Bertz CT molecular complexity index is 515. The summed E-state index contributed by atoms with van der Waals surface area (Å²) >= 11 is 1.92. The van der Waals surface area contributed by atoms with E-state index in [0.717, 1.165) is 31.6 Å². The number of unbranched alkanes of at least 4 members (excludes halogenated alkanes) is 1. The van der Waals surface area contributed by atoms with Gasteiger partial charge in [0.15, 0.2) is 0 Å². The lowest BCUT2D eigenvalue weighted by Crippen LogP contribution is -2.38. The molecule has 29 heavy (non-hydrogen) atoms. The second kappa shape index (κ2) is 12.6. The second-order valence-electron chi connectivity index (χ2n) is 8.62. The number of fused-ring (bicyclic) bond motifs is 1. The van der Waals surface area contributed by atoms with Gasteiger partial charge in [0.25, 0.3) is 0 Å². The molecule has 0 aromatic carbocycles. The highest BCUT2D eigenvalue weighted by molar-refractivity contribution is 8.00. The third kappa shape index (κ3) is 10.0. The Labute approximate surface area is 179 Å². The predicted molar refractivity (Wildman–Crippen MR) is 116 cm³/mol. The SMILES string of the molecule is CC(C)(C)NCCOCCOCCNC(=O)CCCC[C@@H]1SC[C@@H]2NC(=O)N[C@@H]21. The highest BCUT2D eigenvalue weighted by atomic mass is 32.2. The Morgan fingerprint density at radius 3 is 2.55 bits per heavy atom. The highest BCUT2D eigenvalue weighted by Gasteiger charge is 2.42. The molecule has 0 spiro atoms. The quantitative estimate of drug-likeness (QED) is 0.244. The number of carbonyl (C=O) groups is 2. The van der Waals surface area contributed by atoms with Gasteiger partial charge in [-0.05, 0) is 33.6 Å². The summed E-state index contributed by atoms with van der Waals surface area (Å²) in [6.45, 7) is 10.0. The van der Waals surface area contributed by atoms with Crippen LogP contribution in [0.3, 0.4) is 0 Å². The molecule has 4 N–H and O–H groups in total. The van der Waals surface area contributed by atoms with Gasteiger partial charge in [-0.1, -0.05) is 6.42 Å². The van der Waals surface area contributed by atoms with Crippen molar-refractivity contribution in [2.45, 2.75) is 69.3 Å². The number of hydrogen-bond acceptors (Lipinski definition) is 6. The van der Waals surface area contributed by atoms with Gasteiger partial charge in [-0.3, -0.25) is 4.79 Å². The number of ether oxygens (including phenoxy) is 2. The van der Waals surface area contributed by atoms with Crippen molar-refractivity contribution in [3.8, 4) is 0 Å². The molecule has 2 rings (SSSR count). The third-order valence-electron chi connectivity index (χ3n) is 4.92. The molecular formula is C20H38N4O4S. The standard InChI is InChI=1S/C20H38N4O4S/c1-20(2,3)22-9-11-28-13-12-27-10-8-21-17(25)7-5-4-6-16-18-15(14-29-16)23-19(26)24-18/h15-16,18,22H,4-14H2,1-3H3,(H,21,25)(H2,23,24,26)/t15-,16-,18-/m0/s1. The van der Waals surface area contributed by atoms with E-state index < -0.39 is 0 Å². The Hall–Kier alpha value is -1.03. The Morgan fingerprint density at radius 2 is 1.83 bits per heavy atom. The highest BCUT2D eigenvalue weighted by Crippen LogP contribution is 2.33. The molecule has 0 saturated carbocycles. The van der Waals surface area contributed by atoms with Crippen molar-refractivity contribution in [2.24, 2.45) is 0 Å². The minimum absolute atomic E-state index is 0.0454. The Morgan fingerprint density at radius 1 is 1.10 bits per heavy atom. The van der Waals surface area contributed by atoms with Gasteiger partial charge in [-0.15, -0.1) is 0 Å². The number of amides is 3. The van der Waals surface area contributed by atoms with Crippen LogP contribution < -0.4 is 21.3 Å². The number of nitrogens with one attached hydrogen (secondary N) is 4. The van der Waals surface area contributed by atoms with Gasteiger partial charge >= 0.3 is 6.03 Å². The van der Waals surface area contributed by atoms with Crippen LogP contribution in [0.4, 0.5) is 4.79 Å². The minimum atomic E-state index is -0.0454. The molecule has 0 aromatic rings. The summed E-state index contributed by atoms with van der Waals surface area (Å²) < 4.78 is 11.0. The van der Waals surface area contributed by atoms with Crippen molar-refractivity contribution in [1.29, 1.82) is 0 Å². The van der Waals surface area contributed by atoms with E-state index in [1.165, 1.54) is 0 Å². The number of thioether (sulfide) groups is 1. The van der Waals surface area contributed by atoms with Crippen LogP contribution in [0.5, 0.6) is 0 Å². The molecule has 0 radical (unpaired) electrons. The van der Waals surface area contributed by atoms with E-state index in [0.29, 0.717) is 44.6 Å². The average molecular weight is 431 g/mol. The minimum Gasteiger partial charge on any atom is -0.378 e. The summed E-state index contributed by atoms with van der Waals surface area (Å²) in [6.07, 6.45) is 3.45. The maximum absolute atomic E-state index is 11.9. The summed E-state index contributed by atoms with van der Waals surface area (Å²) in [5, 5.41) is 12.7. The third-order valence-corrected chi connectivity index (χ3v) is 6.43. The molecule has 0 bridgehead atoms. The van der Waals surface area contributed by atoms with Crippen molar-refractivity contribution in [3.05, 3.63) is 0 Å². The Balaban J connectivity index is 1.35. The molecule has 3 amide bonds. The summed E-state index contributed by atoms with van der Waals surface area (Å²) in [7, 11) is 0. The first kappa shape index (κ1) is 24.2. The largest absolute Gasteiger partial charge is 0.378 e. The summed E-state index contributed by atoms with van der Waals surface area (Å²) in [5.74, 6) is 1.05. The van der Waals surface area contributed by atoms with Crippen molar-refractivity contribution in [2.75, 3.05) is 45.3 Å². The van der Waals surface area contributed by atoms with Crippen LogP contribution >= 0.6 is 11.8 Å². The smallest absolute Gasteiger partial charge is 0.315 e. The summed E-state index contributed by atoms with van der Waals surface area (Å²) in [5.41, 5.74) is 0.113. The van der Waals surface area contributed by atoms with Gasteiger partial charge in [0, 0.05) is 36.1 Å². The maximum atomic E-state index is 11.9. The van der Waals surface area contributed by atoms with Gasteiger partial charge in [0.2, 0.25) is 5.91 Å². The zero-order valence-electron chi connectivity index (χ0n) is 18.1. The van der Waals surface area contributed by atoms with Crippen molar-refractivity contribution in [3.63, 3.8) is 0 Å². The first-order valence-electron chi connectivity index (χ1n) is 10.7. The summed E-state index contributed by atoms with van der Waals surface area (Å²) in [6, 6.07) is 0.472. The molecule has 9 heteroatoms. The van der Waals surface area contributed by atoms with E-state index >= 15 is 0 Å². The molecule has 0 unspecified atom stereocenters. The average Bonchev–Trinajstić information content (AvgIpc) is 3.19. The molecule has 0 aliphatic carbocycles. The van der Waals surface area contributed by atoms with Crippen LogP contribution in [0, 0.1) is 0 Å². The zero-order chi connectivity index (χ0) is 21.1. The van der Waals surface area contributed by atoms with Crippen LogP contribution in [0.15, 0.2) is 0 Å². The van der Waals surface area contributed by atoms with E-state index in [9.17, 15) is 9.59 Å². The normalized spacial score (nSPS) is 23.6. The lowest BCUT2D eigenvalue weighted by Gasteiger charge is -2.20. The van der Waals surface area contributed by atoms with Crippen molar-refractivity contribution in [1.82, 2.24) is 21.3 Å². The van der Waals surface area contributed by atoms with Gasteiger partial charge in [0.05, 0.1) is 38.5 Å². The molecule has 0 aromatic heterocycles. The fraction of sp³-hybridized carbons (Fsp3) is 0.900. The fourth-order valence-corrected chi connectivity index (χ4v) is 4.99. The van der Waals surface area contributed by atoms with Crippen LogP contribution in [-0.4, -0.2) is 80.1 Å². The van der Waals surface area contributed by atoms with Crippen LogP contribution in [0.2, 0.25) is 0 Å². The summed E-state index contributed by atoms with van der Waals surface area (Å²) in [4.78, 5) is 23.3. The van der Waals surface area contributed by atoms with E-state index in [4.69, 9.17) is 9.47 Å². The van der Waals surface area contributed by atoms with Crippen LogP contribution in [0.25, 0.3) is 0 Å². The van der Waals surface area contributed by atoms with E-state index in [-0.39, 0.29) is 29.6 Å². The molecule has 2 heterocycles. The van der Waals surface area contributed by atoms with Crippen molar-refractivity contribution < 1.29 is 19.1 Å². The Kier molecular flexibility index (Phi) is 10.5. The van der Waals surface area contributed by atoms with Gasteiger partial charge < -0.3 is 30.7 Å². The lowest BCUT2D eigenvalue weighted by molar-refractivity contribution is -0.121. The number of urea groups is 1. The molecule has 2 aliphatic rings. The number of rotatable bonds is 14. The molecule has 8 nitrogen and oxygen atoms in total. The van der Waals surface area contributed by atoms with Crippen LogP contribution in [-0.2, 0) is 14.3 Å². The number of hydrogen-bond donors (Lipinski definition) is 4. The van der Waals surface area contributed by atoms with Gasteiger partial charge in [-0.25, -0.2) is 4.79 Å². The lowest BCUT2D eigenvalue weighted by atomic mass is 10.0. The predicted octanol–water partition coefficient (Wildman–Crippen LogP) is 1.25. The first-order valence-corrected chi connectivity index (χ1v) is 11.8. The van der Waals surface area contributed by atoms with E-state index in [1.807, 2.05) is 11.8 Å². The topological polar surface area (TPSA) is 101 Å². The molecular weight excluding hydrogens is 392 g/mol. The monoisotopic (exact) mass is 430 g/mol. The van der Waals surface area contributed by atoms with E-state index in [2.05, 4.69) is 42.0 Å². The van der Waals surface area contributed by atoms with Gasteiger partial charge in [0.1, 0.15) is 0 Å². The molecule has 3 atom stereocenters. The molecule has 2 saturated heterocycles. The zero-order valence-corrected chi connectivity index (χ0v) is 18.9. The maximum Gasteiger partial charge on any atom is 0.315 e. The van der Waals surface area contributed by atoms with Crippen molar-refractivity contribution >= 4 is 23.7 Å². The molecule has 168 valence electrons. The van der Waals surface area contributed by atoms with Gasteiger partial charge in [-0.2, -0.15) is 11.8 Å². The fourth-order valence-electron chi connectivity index (χ4n) is 3.45. The van der Waals surface area contributed by atoms with Crippen LogP contribution in [0.1, 0.15) is 46.5 Å². The number of carbonyl (C=O) groups excluding carboxylic acids is 2. The molecule has 2 fully saturated rings.